The topological polar surface area (TPSA) is 29.5 Å². The number of rotatable bonds is 4. The van der Waals surface area contributed by atoms with Gasteiger partial charge in [-0.2, -0.15) is 0 Å². The Morgan fingerprint density at radius 3 is 2.53 bits per heavy atom. The molecule has 0 atom stereocenters. The normalized spacial score (nSPS) is 11.5. The van der Waals surface area contributed by atoms with Crippen molar-refractivity contribution in [2.45, 2.75) is 24.2 Å². The van der Waals surface area contributed by atoms with Crippen LogP contribution in [0, 0.1) is 0 Å². The smallest absolute Gasteiger partial charge is 0.136 e. The van der Waals surface area contributed by atoms with Crippen molar-refractivity contribution in [1.29, 1.82) is 0 Å². The van der Waals surface area contributed by atoms with Crippen molar-refractivity contribution in [3.63, 3.8) is 0 Å². The molecule has 0 radical (unpaired) electrons. The molecule has 0 heterocycles. The molecule has 1 aromatic carbocycles. The minimum Gasteiger partial charge on any atom is -0.495 e. The summed E-state index contributed by atoms with van der Waals surface area (Å²) < 4.78 is 5.42. The quantitative estimate of drug-likeness (QED) is 0.800. The van der Waals surface area contributed by atoms with E-state index in [4.69, 9.17) is 4.74 Å². The second-order valence-electron chi connectivity index (χ2n) is 4.08. The van der Waals surface area contributed by atoms with Gasteiger partial charge in [-0.15, -0.1) is 11.8 Å². The van der Waals surface area contributed by atoms with E-state index in [9.17, 15) is 5.11 Å². The minimum absolute atomic E-state index is 0.112. The molecule has 0 amide bonds. The van der Waals surface area contributed by atoms with E-state index in [1.807, 2.05) is 38.3 Å². The molecule has 1 rings (SSSR count). The molecule has 0 unspecified atom stereocenters. The van der Waals surface area contributed by atoms with Crippen LogP contribution in [0.15, 0.2) is 23.1 Å². The molecule has 1 aromatic rings. The van der Waals surface area contributed by atoms with E-state index >= 15 is 0 Å². The summed E-state index contributed by atoms with van der Waals surface area (Å²) in [5.74, 6) is 0.879. The molecule has 3 heteroatoms. The number of aliphatic hydroxyl groups is 1. The summed E-state index contributed by atoms with van der Waals surface area (Å²) in [6, 6.07) is 6.04. The fourth-order valence-corrected chi connectivity index (χ4v) is 2.10. The van der Waals surface area contributed by atoms with Crippen LogP contribution < -0.4 is 4.74 Å². The zero-order valence-electron chi connectivity index (χ0n) is 9.70. The molecule has 0 saturated heterocycles. The first-order valence-corrected chi connectivity index (χ1v) is 6.11. The van der Waals surface area contributed by atoms with Gasteiger partial charge in [0.1, 0.15) is 5.75 Å². The second-order valence-corrected chi connectivity index (χ2v) is 4.93. The molecule has 0 bridgehead atoms. The summed E-state index contributed by atoms with van der Waals surface area (Å²) in [6.45, 7) is 4.13. The van der Waals surface area contributed by atoms with Gasteiger partial charge in [0.15, 0.2) is 0 Å². The van der Waals surface area contributed by atoms with E-state index in [0.29, 0.717) is 0 Å². The lowest BCUT2D eigenvalue weighted by Crippen LogP contribution is -2.23. The van der Waals surface area contributed by atoms with Gasteiger partial charge < -0.3 is 9.84 Å². The Morgan fingerprint density at radius 2 is 2.07 bits per heavy atom. The molecule has 0 spiro atoms. The van der Waals surface area contributed by atoms with Gasteiger partial charge in [-0.05, 0) is 12.3 Å². The van der Waals surface area contributed by atoms with Gasteiger partial charge in [0.25, 0.3) is 0 Å². The molecule has 2 nitrogen and oxygen atoms in total. The zero-order chi connectivity index (χ0) is 11.5. The van der Waals surface area contributed by atoms with Crippen molar-refractivity contribution >= 4 is 11.8 Å². The van der Waals surface area contributed by atoms with Crippen LogP contribution >= 0.6 is 11.8 Å². The molecular formula is C12H18O2S. The Kier molecular flexibility index (Phi) is 4.05. The highest BCUT2D eigenvalue weighted by atomic mass is 32.2. The van der Waals surface area contributed by atoms with Crippen molar-refractivity contribution in [1.82, 2.24) is 0 Å². The van der Waals surface area contributed by atoms with E-state index in [1.165, 1.54) is 0 Å². The van der Waals surface area contributed by atoms with Crippen molar-refractivity contribution < 1.29 is 9.84 Å². The molecule has 0 aliphatic heterocycles. The van der Waals surface area contributed by atoms with Gasteiger partial charge in [-0.25, -0.2) is 0 Å². The maximum absolute atomic E-state index is 9.37. The third-order valence-corrected chi connectivity index (χ3v) is 3.29. The van der Waals surface area contributed by atoms with E-state index < -0.39 is 0 Å². The van der Waals surface area contributed by atoms with Crippen molar-refractivity contribution in [2.24, 2.45) is 0 Å². The fraction of sp³-hybridized carbons (Fsp3) is 0.500. The molecule has 15 heavy (non-hydrogen) atoms. The number of para-hydroxylation sites is 1. The number of methoxy groups -OCH3 is 1. The third kappa shape index (κ3) is 2.47. The van der Waals surface area contributed by atoms with Crippen molar-refractivity contribution in [3.05, 3.63) is 23.8 Å². The van der Waals surface area contributed by atoms with E-state index in [2.05, 4.69) is 0 Å². The highest BCUT2D eigenvalue weighted by Gasteiger charge is 2.24. The van der Waals surface area contributed by atoms with Gasteiger partial charge >= 0.3 is 0 Å². The van der Waals surface area contributed by atoms with Crippen LogP contribution in [0.5, 0.6) is 5.75 Å². The van der Waals surface area contributed by atoms with Crippen molar-refractivity contribution in [2.75, 3.05) is 20.0 Å². The molecule has 0 fully saturated rings. The minimum atomic E-state index is -0.267. The number of hydrogen-bond acceptors (Lipinski definition) is 3. The summed E-state index contributed by atoms with van der Waals surface area (Å²) in [7, 11) is 1.67. The molecule has 0 aromatic heterocycles. The van der Waals surface area contributed by atoms with Gasteiger partial charge in [0.2, 0.25) is 0 Å². The number of hydrogen-bond donors (Lipinski definition) is 1. The average molecular weight is 226 g/mol. The standard InChI is InChI=1S/C12H18O2S/c1-12(2,8-13)9-6-5-7-10(15-4)11(9)14-3/h5-7,13H,8H2,1-4H3. The van der Waals surface area contributed by atoms with Crippen LogP contribution in [0.3, 0.4) is 0 Å². The average Bonchev–Trinajstić information content (AvgIpc) is 2.27. The Balaban J connectivity index is 3.29. The van der Waals surface area contributed by atoms with E-state index in [-0.39, 0.29) is 12.0 Å². The largest absolute Gasteiger partial charge is 0.495 e. The SMILES string of the molecule is COc1c(SC)cccc1C(C)(C)CO. The third-order valence-electron chi connectivity index (χ3n) is 2.53. The fourth-order valence-electron chi connectivity index (χ4n) is 1.51. The first kappa shape index (κ1) is 12.4. The molecular weight excluding hydrogens is 208 g/mol. The summed E-state index contributed by atoms with van der Waals surface area (Å²) in [4.78, 5) is 1.11. The van der Waals surface area contributed by atoms with Gasteiger partial charge in [-0.1, -0.05) is 26.0 Å². The van der Waals surface area contributed by atoms with Gasteiger partial charge in [0, 0.05) is 15.9 Å². The Hall–Kier alpha value is -0.670. The molecule has 84 valence electrons. The van der Waals surface area contributed by atoms with Gasteiger partial charge in [0.05, 0.1) is 13.7 Å². The summed E-state index contributed by atoms with van der Waals surface area (Å²) in [6.07, 6.45) is 2.02. The number of thioether (sulfide) groups is 1. The Labute approximate surface area is 95.7 Å². The molecule has 1 N–H and O–H groups in total. The highest BCUT2D eigenvalue weighted by Crippen LogP contribution is 2.37. The lowest BCUT2D eigenvalue weighted by molar-refractivity contribution is 0.214. The molecule has 0 saturated carbocycles. The van der Waals surface area contributed by atoms with E-state index in [0.717, 1.165) is 16.2 Å². The van der Waals surface area contributed by atoms with Crippen LogP contribution in [0.25, 0.3) is 0 Å². The van der Waals surface area contributed by atoms with Gasteiger partial charge in [-0.3, -0.25) is 0 Å². The summed E-state index contributed by atoms with van der Waals surface area (Å²) >= 11 is 1.65. The Morgan fingerprint density at radius 1 is 1.40 bits per heavy atom. The number of benzene rings is 1. The lowest BCUT2D eigenvalue weighted by atomic mass is 9.85. The first-order valence-electron chi connectivity index (χ1n) is 4.89. The maximum atomic E-state index is 9.37. The summed E-state index contributed by atoms with van der Waals surface area (Å²) in [5.41, 5.74) is 0.788. The number of aliphatic hydroxyl groups excluding tert-OH is 1. The molecule has 0 aliphatic rings. The highest BCUT2D eigenvalue weighted by molar-refractivity contribution is 7.98. The second kappa shape index (κ2) is 4.90. The molecule has 0 aliphatic carbocycles. The number of ether oxygens (including phenoxy) is 1. The van der Waals surface area contributed by atoms with Crippen LogP contribution in [0.1, 0.15) is 19.4 Å². The van der Waals surface area contributed by atoms with E-state index in [1.54, 1.807) is 18.9 Å². The van der Waals surface area contributed by atoms with Crippen molar-refractivity contribution in [3.8, 4) is 5.75 Å². The van der Waals surface area contributed by atoms with Crippen LogP contribution in [-0.4, -0.2) is 25.1 Å². The van der Waals surface area contributed by atoms with Crippen LogP contribution in [0.4, 0.5) is 0 Å². The monoisotopic (exact) mass is 226 g/mol. The van der Waals surface area contributed by atoms with Crippen LogP contribution in [0.2, 0.25) is 0 Å². The predicted molar refractivity (Wildman–Crippen MR) is 64.9 cm³/mol. The first-order chi connectivity index (χ1) is 7.06. The zero-order valence-corrected chi connectivity index (χ0v) is 10.5. The maximum Gasteiger partial charge on any atom is 0.136 e. The predicted octanol–water partition coefficient (Wildman–Crippen LogP) is 2.69. The Bertz CT molecular complexity index is 334. The lowest BCUT2D eigenvalue weighted by Gasteiger charge is -2.25. The summed E-state index contributed by atoms with van der Waals surface area (Å²) in [5, 5.41) is 9.37. The van der Waals surface area contributed by atoms with Crippen LogP contribution in [-0.2, 0) is 5.41 Å².